The van der Waals surface area contributed by atoms with Gasteiger partial charge in [0, 0.05) is 6.20 Å². The Morgan fingerprint density at radius 1 is 1.13 bits per heavy atom. The number of hydrogen-bond donors (Lipinski definition) is 2. The maximum Gasteiger partial charge on any atom is 0.269 e. The number of halogens is 1. The van der Waals surface area contributed by atoms with E-state index in [9.17, 15) is 19.1 Å². The van der Waals surface area contributed by atoms with Crippen LogP contribution in [0.5, 0.6) is 5.75 Å². The second-order valence-corrected chi connectivity index (χ2v) is 6.91. The summed E-state index contributed by atoms with van der Waals surface area (Å²) >= 11 is 0. The predicted molar refractivity (Wildman–Crippen MR) is 112 cm³/mol. The molecule has 7 heteroatoms. The lowest BCUT2D eigenvalue weighted by Crippen LogP contribution is -2.30. The predicted octanol–water partition coefficient (Wildman–Crippen LogP) is 3.85. The number of carbonyl (C=O) groups is 1. The van der Waals surface area contributed by atoms with Gasteiger partial charge >= 0.3 is 0 Å². The molecule has 2 aromatic carbocycles. The molecule has 0 spiro atoms. The Hall–Kier alpha value is -4.00. The molecule has 4 aromatic rings. The number of carbonyl (C=O) groups excluding carboxylic acids is 1. The van der Waals surface area contributed by atoms with E-state index in [-0.39, 0.29) is 23.3 Å². The highest BCUT2D eigenvalue weighted by molar-refractivity contribution is 6.08. The first kappa shape index (κ1) is 19.3. The molecular weight excluding hydrogens is 385 g/mol. The molecule has 2 N–H and O–H groups in total. The third-order valence-electron chi connectivity index (χ3n) is 4.77. The van der Waals surface area contributed by atoms with Gasteiger partial charge in [0.25, 0.3) is 11.5 Å². The van der Waals surface area contributed by atoms with Gasteiger partial charge in [-0.1, -0.05) is 36.4 Å². The van der Waals surface area contributed by atoms with Crippen molar-refractivity contribution in [2.24, 2.45) is 0 Å². The molecule has 0 saturated carbocycles. The summed E-state index contributed by atoms with van der Waals surface area (Å²) in [5.74, 6) is -2.02. The lowest BCUT2D eigenvalue weighted by molar-refractivity contribution is 0.102. The zero-order valence-electron chi connectivity index (χ0n) is 16.1. The Labute approximate surface area is 171 Å². The lowest BCUT2D eigenvalue weighted by atomic mass is 10.1. The minimum absolute atomic E-state index is 0.0697. The fourth-order valence-corrected chi connectivity index (χ4v) is 3.30. The summed E-state index contributed by atoms with van der Waals surface area (Å²) in [6, 6.07) is 16.6. The second kappa shape index (κ2) is 7.79. The molecule has 0 unspecified atom stereocenters. The number of hydrogen-bond acceptors (Lipinski definition) is 4. The van der Waals surface area contributed by atoms with Crippen LogP contribution in [0.1, 0.15) is 21.5 Å². The molecular formula is C23H18FN3O3. The highest BCUT2D eigenvalue weighted by Crippen LogP contribution is 2.26. The first-order valence-corrected chi connectivity index (χ1v) is 9.27. The lowest BCUT2D eigenvalue weighted by Gasteiger charge is -2.14. The molecule has 150 valence electrons. The summed E-state index contributed by atoms with van der Waals surface area (Å²) in [5.41, 5.74) is 0.565. The summed E-state index contributed by atoms with van der Waals surface area (Å²) in [6.07, 6.45) is 1.50. The van der Waals surface area contributed by atoms with Crippen molar-refractivity contribution in [3.05, 3.63) is 99.7 Å². The average Bonchev–Trinajstić information content (AvgIpc) is 2.74. The monoisotopic (exact) mass is 403 g/mol. The van der Waals surface area contributed by atoms with Gasteiger partial charge in [0.2, 0.25) is 0 Å². The van der Waals surface area contributed by atoms with Crippen molar-refractivity contribution in [1.82, 2.24) is 9.55 Å². The van der Waals surface area contributed by atoms with Crippen molar-refractivity contribution in [1.29, 1.82) is 0 Å². The van der Waals surface area contributed by atoms with Crippen LogP contribution in [0.2, 0.25) is 0 Å². The molecule has 0 saturated heterocycles. The van der Waals surface area contributed by atoms with Crippen LogP contribution in [0.15, 0.2) is 71.7 Å². The minimum Gasteiger partial charge on any atom is -0.506 e. The van der Waals surface area contributed by atoms with Crippen molar-refractivity contribution in [3.8, 4) is 5.75 Å². The molecule has 30 heavy (non-hydrogen) atoms. The fraction of sp³-hybridized carbons (Fsp3) is 0.0870. The molecule has 0 aliphatic heterocycles. The number of benzene rings is 2. The van der Waals surface area contributed by atoms with Crippen molar-refractivity contribution in [2.75, 3.05) is 5.32 Å². The van der Waals surface area contributed by atoms with Crippen LogP contribution in [0.3, 0.4) is 0 Å². The zero-order chi connectivity index (χ0) is 21.3. The van der Waals surface area contributed by atoms with Gasteiger partial charge < -0.3 is 10.4 Å². The molecule has 1 amide bonds. The van der Waals surface area contributed by atoms with Crippen LogP contribution >= 0.6 is 0 Å². The molecule has 0 radical (unpaired) electrons. The Morgan fingerprint density at radius 2 is 1.90 bits per heavy atom. The third kappa shape index (κ3) is 3.53. The number of aromatic nitrogens is 2. The molecule has 0 aliphatic carbocycles. The quantitative estimate of drug-likeness (QED) is 0.542. The number of rotatable bonds is 4. The van der Waals surface area contributed by atoms with Gasteiger partial charge in [-0.15, -0.1) is 0 Å². The van der Waals surface area contributed by atoms with Crippen LogP contribution in [-0.2, 0) is 6.54 Å². The Morgan fingerprint density at radius 3 is 2.67 bits per heavy atom. The number of pyridine rings is 2. The number of nitrogens with one attached hydrogen (secondary N) is 1. The summed E-state index contributed by atoms with van der Waals surface area (Å²) in [4.78, 5) is 30.3. The Balaban J connectivity index is 1.86. The molecule has 2 aromatic heterocycles. The molecule has 0 fully saturated rings. The standard InChI is InChI=1S/C23H18FN3O3/c1-14-9-10-17(24)18(12-14)26-22(29)19-20(28)16-8-5-11-25-21(16)27(23(19)30)13-15-6-3-2-4-7-15/h2-12,28H,13H2,1H3,(H,26,29). The molecule has 0 bridgehead atoms. The second-order valence-electron chi connectivity index (χ2n) is 6.91. The summed E-state index contributed by atoms with van der Waals surface area (Å²) in [7, 11) is 0. The molecule has 2 heterocycles. The summed E-state index contributed by atoms with van der Waals surface area (Å²) in [5, 5.41) is 13.3. The highest BCUT2D eigenvalue weighted by Gasteiger charge is 2.23. The van der Waals surface area contributed by atoms with E-state index < -0.39 is 28.6 Å². The van der Waals surface area contributed by atoms with Gasteiger partial charge in [-0.25, -0.2) is 9.37 Å². The number of nitrogens with zero attached hydrogens (tertiary/aromatic N) is 2. The molecule has 6 nitrogen and oxygen atoms in total. The maximum atomic E-state index is 14.1. The molecule has 0 atom stereocenters. The van der Waals surface area contributed by atoms with E-state index in [0.717, 1.165) is 11.1 Å². The highest BCUT2D eigenvalue weighted by atomic mass is 19.1. The molecule has 0 aliphatic rings. The minimum atomic E-state index is -0.894. The Bertz CT molecular complexity index is 1320. The van der Waals surface area contributed by atoms with E-state index in [4.69, 9.17) is 0 Å². The molecule has 4 rings (SSSR count). The van der Waals surface area contributed by atoms with Crippen LogP contribution in [0.4, 0.5) is 10.1 Å². The van der Waals surface area contributed by atoms with Gasteiger partial charge in [0.15, 0.2) is 0 Å². The van der Waals surface area contributed by atoms with Crippen LogP contribution in [0, 0.1) is 12.7 Å². The summed E-state index contributed by atoms with van der Waals surface area (Å²) < 4.78 is 15.4. The SMILES string of the molecule is Cc1ccc(F)c(NC(=O)c2c(O)c3cccnc3n(Cc3ccccc3)c2=O)c1. The normalized spacial score (nSPS) is 10.9. The van der Waals surface area contributed by atoms with E-state index in [1.54, 1.807) is 25.1 Å². The largest absolute Gasteiger partial charge is 0.506 e. The van der Waals surface area contributed by atoms with Gasteiger partial charge in [0.1, 0.15) is 22.8 Å². The number of fused-ring (bicyclic) bond motifs is 1. The third-order valence-corrected chi connectivity index (χ3v) is 4.77. The zero-order valence-corrected chi connectivity index (χ0v) is 16.1. The van der Waals surface area contributed by atoms with Crippen LogP contribution < -0.4 is 10.9 Å². The number of amides is 1. The van der Waals surface area contributed by atoms with Crippen LogP contribution in [0.25, 0.3) is 11.0 Å². The van der Waals surface area contributed by atoms with Gasteiger partial charge in [-0.3, -0.25) is 14.2 Å². The van der Waals surface area contributed by atoms with Gasteiger partial charge in [-0.05, 0) is 42.3 Å². The van der Waals surface area contributed by atoms with E-state index in [0.29, 0.717) is 0 Å². The average molecular weight is 403 g/mol. The van der Waals surface area contributed by atoms with Gasteiger partial charge in [-0.2, -0.15) is 0 Å². The fourth-order valence-electron chi connectivity index (χ4n) is 3.30. The van der Waals surface area contributed by atoms with Crippen molar-refractivity contribution >= 4 is 22.6 Å². The van der Waals surface area contributed by atoms with Crippen LogP contribution in [-0.4, -0.2) is 20.6 Å². The van der Waals surface area contributed by atoms with E-state index in [1.807, 2.05) is 30.3 Å². The van der Waals surface area contributed by atoms with Gasteiger partial charge in [0.05, 0.1) is 17.6 Å². The van der Waals surface area contributed by atoms with Crippen molar-refractivity contribution in [2.45, 2.75) is 13.5 Å². The van der Waals surface area contributed by atoms with E-state index in [1.165, 1.54) is 22.9 Å². The van der Waals surface area contributed by atoms with Crippen molar-refractivity contribution < 1.29 is 14.3 Å². The van der Waals surface area contributed by atoms with E-state index in [2.05, 4.69) is 10.3 Å². The first-order chi connectivity index (χ1) is 14.5. The summed E-state index contributed by atoms with van der Waals surface area (Å²) in [6.45, 7) is 1.91. The maximum absolute atomic E-state index is 14.1. The number of aromatic hydroxyl groups is 1. The topological polar surface area (TPSA) is 84.2 Å². The first-order valence-electron chi connectivity index (χ1n) is 9.27. The smallest absolute Gasteiger partial charge is 0.269 e. The van der Waals surface area contributed by atoms with Crippen molar-refractivity contribution in [3.63, 3.8) is 0 Å². The number of anilines is 1. The number of aryl methyl sites for hydroxylation is 1. The van der Waals surface area contributed by atoms with E-state index >= 15 is 0 Å². The Kier molecular flexibility index (Phi) is 5.02.